The molecule has 1 saturated carbocycles. The molecular formula is C20H32ClN5O2S. The fraction of sp³-hybridized carbons (Fsp3) is 0.750. The molecule has 29 heavy (non-hydrogen) atoms. The van der Waals surface area contributed by atoms with Crippen LogP contribution in [0.25, 0.3) is 0 Å². The number of rotatable bonds is 9. The third-order valence-corrected chi connectivity index (χ3v) is 6.59. The molecule has 0 unspecified atom stereocenters. The molecule has 2 aliphatic rings. The van der Waals surface area contributed by atoms with Crippen LogP contribution in [0.4, 0.5) is 5.82 Å². The number of halogens is 1. The van der Waals surface area contributed by atoms with Gasteiger partial charge in [-0.15, -0.1) is 0 Å². The maximum absolute atomic E-state index is 12.2. The van der Waals surface area contributed by atoms with E-state index in [1.165, 1.54) is 43.9 Å². The van der Waals surface area contributed by atoms with Gasteiger partial charge in [-0.25, -0.2) is 9.97 Å². The van der Waals surface area contributed by atoms with Crippen LogP contribution >= 0.6 is 23.4 Å². The number of hydrogen-bond acceptors (Lipinski definition) is 7. The molecular weight excluding hydrogens is 410 g/mol. The summed E-state index contributed by atoms with van der Waals surface area (Å²) in [7, 11) is 2.07. The molecule has 1 amide bonds. The highest BCUT2D eigenvalue weighted by atomic mass is 35.5. The van der Waals surface area contributed by atoms with Crippen molar-refractivity contribution in [2.75, 3.05) is 57.1 Å². The third kappa shape index (κ3) is 7.59. The van der Waals surface area contributed by atoms with Crippen LogP contribution in [0.3, 0.4) is 0 Å². The SMILES string of the molecule is CN(c1cc(Cl)nc(SCC(=O)NCCCN2CCOCC2)n1)C1CCCCC1. The molecule has 0 aromatic carbocycles. The monoisotopic (exact) mass is 441 g/mol. The number of nitrogens with one attached hydrogen (secondary N) is 1. The Bertz CT molecular complexity index is 654. The number of thioether (sulfide) groups is 1. The van der Waals surface area contributed by atoms with Gasteiger partial charge in [0.25, 0.3) is 0 Å². The highest BCUT2D eigenvalue weighted by Crippen LogP contribution is 2.27. The normalized spacial score (nSPS) is 18.6. The van der Waals surface area contributed by atoms with Gasteiger partial charge in [0.1, 0.15) is 11.0 Å². The standard InChI is InChI=1S/C20H32ClN5O2S/c1-25(16-6-3-2-4-7-16)18-14-17(21)23-20(24-18)29-15-19(27)22-8-5-9-26-10-12-28-13-11-26/h14,16H,2-13,15H2,1H3,(H,22,27). The molecule has 1 saturated heterocycles. The lowest BCUT2D eigenvalue weighted by atomic mass is 9.94. The van der Waals surface area contributed by atoms with E-state index >= 15 is 0 Å². The summed E-state index contributed by atoms with van der Waals surface area (Å²) in [4.78, 5) is 25.7. The minimum Gasteiger partial charge on any atom is -0.379 e. The van der Waals surface area contributed by atoms with E-state index in [1.54, 1.807) is 0 Å². The van der Waals surface area contributed by atoms with Gasteiger partial charge >= 0.3 is 0 Å². The van der Waals surface area contributed by atoms with E-state index in [0.717, 1.165) is 45.1 Å². The molecule has 0 radical (unpaired) electrons. The summed E-state index contributed by atoms with van der Waals surface area (Å²) < 4.78 is 5.35. The predicted molar refractivity (Wildman–Crippen MR) is 118 cm³/mol. The summed E-state index contributed by atoms with van der Waals surface area (Å²) in [5.74, 6) is 1.14. The Labute approximate surface area is 182 Å². The number of nitrogens with zero attached hydrogens (tertiary/aromatic N) is 4. The number of ether oxygens (including phenoxy) is 1. The summed E-state index contributed by atoms with van der Waals surface area (Å²) in [6, 6.07) is 2.31. The Kier molecular flexibility index (Phi) is 9.30. The van der Waals surface area contributed by atoms with Gasteiger partial charge in [0.2, 0.25) is 5.91 Å². The summed E-state index contributed by atoms with van der Waals surface area (Å²) in [5, 5.41) is 3.96. The Hall–Kier alpha value is -1.09. The Morgan fingerprint density at radius 1 is 1.31 bits per heavy atom. The molecule has 1 N–H and O–H groups in total. The van der Waals surface area contributed by atoms with Gasteiger partial charge in [-0.3, -0.25) is 9.69 Å². The van der Waals surface area contributed by atoms with Crippen molar-refractivity contribution < 1.29 is 9.53 Å². The zero-order valence-corrected chi connectivity index (χ0v) is 18.8. The van der Waals surface area contributed by atoms with Crippen molar-refractivity contribution in [1.29, 1.82) is 0 Å². The average Bonchev–Trinajstić information content (AvgIpc) is 2.76. The van der Waals surface area contributed by atoms with Crippen LogP contribution in [-0.2, 0) is 9.53 Å². The molecule has 1 aliphatic carbocycles. The van der Waals surface area contributed by atoms with Gasteiger partial charge in [-0.05, 0) is 25.8 Å². The molecule has 1 aliphatic heterocycles. The number of anilines is 1. The van der Waals surface area contributed by atoms with Crippen molar-refractivity contribution in [2.24, 2.45) is 0 Å². The molecule has 0 atom stereocenters. The second kappa shape index (κ2) is 11.9. The van der Waals surface area contributed by atoms with E-state index < -0.39 is 0 Å². The van der Waals surface area contributed by atoms with Gasteiger partial charge < -0.3 is 15.0 Å². The van der Waals surface area contributed by atoms with Gasteiger partial charge in [0.15, 0.2) is 5.16 Å². The summed E-state index contributed by atoms with van der Waals surface area (Å²) in [6.07, 6.45) is 7.17. The summed E-state index contributed by atoms with van der Waals surface area (Å²) in [6.45, 7) is 5.25. The van der Waals surface area contributed by atoms with Crippen molar-refractivity contribution in [1.82, 2.24) is 20.2 Å². The van der Waals surface area contributed by atoms with E-state index in [2.05, 4.69) is 32.1 Å². The van der Waals surface area contributed by atoms with Crippen LogP contribution in [0.1, 0.15) is 38.5 Å². The predicted octanol–water partition coefficient (Wildman–Crippen LogP) is 2.83. The van der Waals surface area contributed by atoms with Gasteiger partial charge in [-0.1, -0.05) is 42.6 Å². The topological polar surface area (TPSA) is 70.6 Å². The van der Waals surface area contributed by atoms with Crippen LogP contribution in [0.2, 0.25) is 5.15 Å². The Morgan fingerprint density at radius 3 is 2.83 bits per heavy atom. The molecule has 0 spiro atoms. The average molecular weight is 442 g/mol. The second-order valence-electron chi connectivity index (χ2n) is 7.68. The van der Waals surface area contributed by atoms with Crippen LogP contribution in [0.15, 0.2) is 11.2 Å². The fourth-order valence-corrected chi connectivity index (χ4v) is 4.73. The first kappa shape index (κ1) is 22.6. The van der Waals surface area contributed by atoms with Crippen molar-refractivity contribution in [2.45, 2.75) is 49.7 Å². The fourth-order valence-electron chi connectivity index (χ4n) is 3.82. The number of amides is 1. The maximum atomic E-state index is 12.2. The largest absolute Gasteiger partial charge is 0.379 e. The van der Waals surface area contributed by atoms with Crippen LogP contribution in [-0.4, -0.2) is 79.0 Å². The quantitative estimate of drug-likeness (QED) is 0.273. The number of carbonyl (C=O) groups excluding carboxylic acids is 1. The van der Waals surface area contributed by atoms with Gasteiger partial charge in [0.05, 0.1) is 19.0 Å². The first-order chi connectivity index (χ1) is 14.1. The van der Waals surface area contributed by atoms with Crippen molar-refractivity contribution >= 4 is 35.1 Å². The summed E-state index contributed by atoms with van der Waals surface area (Å²) in [5.41, 5.74) is 0. The smallest absolute Gasteiger partial charge is 0.230 e. The Morgan fingerprint density at radius 2 is 2.07 bits per heavy atom. The van der Waals surface area contributed by atoms with E-state index in [-0.39, 0.29) is 5.91 Å². The molecule has 9 heteroatoms. The van der Waals surface area contributed by atoms with E-state index in [1.807, 2.05) is 6.07 Å². The summed E-state index contributed by atoms with van der Waals surface area (Å²) >= 11 is 7.55. The molecule has 7 nitrogen and oxygen atoms in total. The zero-order valence-electron chi connectivity index (χ0n) is 17.2. The third-order valence-electron chi connectivity index (χ3n) is 5.55. The van der Waals surface area contributed by atoms with E-state index in [4.69, 9.17) is 16.3 Å². The van der Waals surface area contributed by atoms with E-state index in [9.17, 15) is 4.79 Å². The molecule has 162 valence electrons. The minimum absolute atomic E-state index is 0.00254. The highest BCUT2D eigenvalue weighted by Gasteiger charge is 2.20. The lowest BCUT2D eigenvalue weighted by Crippen LogP contribution is -2.38. The van der Waals surface area contributed by atoms with Crippen molar-refractivity contribution in [3.63, 3.8) is 0 Å². The first-order valence-corrected chi connectivity index (χ1v) is 11.9. The van der Waals surface area contributed by atoms with E-state index in [0.29, 0.717) is 28.6 Å². The molecule has 0 bridgehead atoms. The van der Waals surface area contributed by atoms with Crippen molar-refractivity contribution in [3.05, 3.63) is 11.2 Å². The molecule has 2 heterocycles. The van der Waals surface area contributed by atoms with Crippen LogP contribution < -0.4 is 10.2 Å². The van der Waals surface area contributed by atoms with Gasteiger partial charge in [-0.2, -0.15) is 0 Å². The number of hydrogen-bond donors (Lipinski definition) is 1. The van der Waals surface area contributed by atoms with Crippen LogP contribution in [0.5, 0.6) is 0 Å². The number of carbonyl (C=O) groups is 1. The number of aromatic nitrogens is 2. The van der Waals surface area contributed by atoms with Crippen LogP contribution in [0, 0.1) is 0 Å². The lowest BCUT2D eigenvalue weighted by Gasteiger charge is -2.32. The lowest BCUT2D eigenvalue weighted by molar-refractivity contribution is -0.118. The Balaban J connectivity index is 1.41. The molecule has 1 aromatic rings. The molecule has 1 aromatic heterocycles. The molecule has 3 rings (SSSR count). The number of morpholine rings is 1. The van der Waals surface area contributed by atoms with Crippen molar-refractivity contribution in [3.8, 4) is 0 Å². The second-order valence-corrected chi connectivity index (χ2v) is 9.01. The maximum Gasteiger partial charge on any atom is 0.230 e. The first-order valence-electron chi connectivity index (χ1n) is 10.6. The zero-order chi connectivity index (χ0) is 20.5. The van der Waals surface area contributed by atoms with Gasteiger partial charge in [0, 0.05) is 38.8 Å². The molecule has 2 fully saturated rings. The highest BCUT2D eigenvalue weighted by molar-refractivity contribution is 7.99. The minimum atomic E-state index is 0.00254.